The topological polar surface area (TPSA) is 60.7 Å². The van der Waals surface area contributed by atoms with Gasteiger partial charge in [-0.25, -0.2) is 0 Å². The summed E-state index contributed by atoms with van der Waals surface area (Å²) >= 11 is 0. The summed E-state index contributed by atoms with van der Waals surface area (Å²) in [6, 6.07) is 0. The Morgan fingerprint density at radius 1 is 0.875 bits per heavy atom. The molecule has 0 spiro atoms. The third-order valence-electron chi connectivity index (χ3n) is 4.10. The molecule has 0 bridgehead atoms. The van der Waals surface area contributed by atoms with E-state index in [1.165, 1.54) is 0 Å². The summed E-state index contributed by atoms with van der Waals surface area (Å²) in [7, 11) is -0.530. The maximum absolute atomic E-state index is 10.2. The molecule has 0 aromatic carbocycles. The fourth-order valence-electron chi connectivity index (χ4n) is 3.22. The van der Waals surface area contributed by atoms with Gasteiger partial charge in [0.15, 0.2) is 0 Å². The summed E-state index contributed by atoms with van der Waals surface area (Å²) in [4.78, 5) is 0. The minimum absolute atomic E-state index is 0.154. The van der Waals surface area contributed by atoms with Crippen LogP contribution in [0.25, 0.3) is 0 Å². The number of hydrogen-bond donors (Lipinski definition) is 3. The van der Waals surface area contributed by atoms with Gasteiger partial charge >= 0.3 is 0 Å². The van der Waals surface area contributed by atoms with Crippen molar-refractivity contribution in [1.29, 1.82) is 0 Å². The molecule has 16 heavy (non-hydrogen) atoms. The summed E-state index contributed by atoms with van der Waals surface area (Å²) in [5.74, 6) is 0.356. The quantitative estimate of drug-likeness (QED) is 0.611. The Balaban J connectivity index is 2.18. The number of aliphatic hydroxyl groups is 3. The molecule has 5 heteroatoms. The highest BCUT2D eigenvalue weighted by Gasteiger charge is 2.50. The van der Waals surface area contributed by atoms with Gasteiger partial charge in [-0.05, 0) is 31.6 Å². The van der Waals surface area contributed by atoms with Crippen LogP contribution in [0.4, 0.5) is 0 Å². The SMILES string of the molecule is C[C@@H]1C[P@](C)[C@@H]([C@H]2[C@@H](O)[C@H](O)C[P@@]2C)[C@H]1O. The normalized spacial score (nSPS) is 58.1. The Hall–Kier alpha value is 0.740. The molecule has 0 amide bonds. The van der Waals surface area contributed by atoms with E-state index in [0.29, 0.717) is 5.92 Å². The Labute approximate surface area is 99.8 Å². The Morgan fingerprint density at radius 3 is 1.75 bits per heavy atom. The summed E-state index contributed by atoms with van der Waals surface area (Å²) in [6.07, 6.45) is 0.399. The van der Waals surface area contributed by atoms with Crippen LogP contribution in [-0.4, -0.2) is 70.6 Å². The van der Waals surface area contributed by atoms with Gasteiger partial charge in [-0.1, -0.05) is 6.92 Å². The molecular formula is C11H22O3P2. The van der Waals surface area contributed by atoms with Crippen molar-refractivity contribution in [3.63, 3.8) is 0 Å². The molecule has 3 nitrogen and oxygen atoms in total. The van der Waals surface area contributed by atoms with Crippen molar-refractivity contribution in [2.75, 3.05) is 25.7 Å². The van der Waals surface area contributed by atoms with Gasteiger partial charge in [-0.15, -0.1) is 15.8 Å². The van der Waals surface area contributed by atoms with Crippen molar-refractivity contribution >= 4 is 15.8 Å². The van der Waals surface area contributed by atoms with Gasteiger partial charge in [-0.2, -0.15) is 0 Å². The van der Waals surface area contributed by atoms with Gasteiger partial charge in [0.1, 0.15) is 0 Å². The molecule has 0 unspecified atom stereocenters. The molecule has 2 rings (SSSR count). The van der Waals surface area contributed by atoms with Crippen molar-refractivity contribution in [3.05, 3.63) is 0 Å². The average Bonchev–Trinajstić information content (AvgIpc) is 2.57. The molecule has 2 heterocycles. The molecule has 2 aliphatic rings. The molecule has 2 saturated heterocycles. The molecule has 2 fully saturated rings. The van der Waals surface area contributed by atoms with Crippen LogP contribution in [0.5, 0.6) is 0 Å². The highest BCUT2D eigenvalue weighted by Crippen LogP contribution is 2.60. The summed E-state index contributed by atoms with van der Waals surface area (Å²) in [6.45, 7) is 6.48. The van der Waals surface area contributed by atoms with Crippen molar-refractivity contribution < 1.29 is 15.3 Å². The second-order valence-electron chi connectivity index (χ2n) is 5.39. The van der Waals surface area contributed by atoms with Crippen LogP contribution < -0.4 is 0 Å². The first-order chi connectivity index (χ1) is 7.43. The molecule has 3 N–H and O–H groups in total. The molecule has 0 saturated carbocycles. The Kier molecular flexibility index (Phi) is 3.94. The van der Waals surface area contributed by atoms with Crippen LogP contribution in [-0.2, 0) is 0 Å². The summed E-state index contributed by atoms with van der Waals surface area (Å²) < 4.78 is 0. The second-order valence-corrected chi connectivity index (χ2v) is 10.3. The van der Waals surface area contributed by atoms with Crippen molar-refractivity contribution in [1.82, 2.24) is 0 Å². The third kappa shape index (κ3) is 2.06. The van der Waals surface area contributed by atoms with Gasteiger partial charge in [0.05, 0.1) is 18.3 Å². The zero-order chi connectivity index (χ0) is 12.0. The van der Waals surface area contributed by atoms with E-state index in [4.69, 9.17) is 0 Å². The van der Waals surface area contributed by atoms with Crippen LogP contribution >= 0.6 is 15.8 Å². The molecule has 2 aliphatic heterocycles. The van der Waals surface area contributed by atoms with Gasteiger partial charge in [0.2, 0.25) is 0 Å². The number of hydrogen-bond acceptors (Lipinski definition) is 3. The van der Waals surface area contributed by atoms with E-state index in [9.17, 15) is 15.3 Å². The van der Waals surface area contributed by atoms with Crippen LogP contribution in [0.2, 0.25) is 0 Å². The van der Waals surface area contributed by atoms with Crippen LogP contribution in [0.15, 0.2) is 0 Å². The van der Waals surface area contributed by atoms with Gasteiger partial charge in [-0.3, -0.25) is 0 Å². The minimum Gasteiger partial charge on any atom is -0.392 e. The van der Waals surface area contributed by atoms with E-state index < -0.39 is 12.2 Å². The fourth-order valence-corrected chi connectivity index (χ4v) is 9.93. The first kappa shape index (κ1) is 13.2. The highest BCUT2D eigenvalue weighted by molar-refractivity contribution is 7.62. The Bertz CT molecular complexity index is 238. The van der Waals surface area contributed by atoms with Crippen molar-refractivity contribution in [3.8, 4) is 0 Å². The number of aliphatic hydroxyl groups excluding tert-OH is 3. The van der Waals surface area contributed by atoms with E-state index in [1.54, 1.807) is 0 Å². The first-order valence-electron chi connectivity index (χ1n) is 5.88. The molecule has 0 aromatic rings. The highest BCUT2D eigenvalue weighted by atomic mass is 31.1. The lowest BCUT2D eigenvalue weighted by molar-refractivity contribution is 0.0311. The molecule has 8 atom stereocenters. The van der Waals surface area contributed by atoms with E-state index >= 15 is 0 Å². The lowest BCUT2D eigenvalue weighted by atomic mass is 9.99. The van der Waals surface area contributed by atoms with Gasteiger partial charge < -0.3 is 15.3 Å². The minimum atomic E-state index is -0.606. The van der Waals surface area contributed by atoms with Crippen molar-refractivity contribution in [2.24, 2.45) is 5.92 Å². The maximum atomic E-state index is 10.2. The van der Waals surface area contributed by atoms with E-state index in [0.717, 1.165) is 12.3 Å². The van der Waals surface area contributed by atoms with Crippen LogP contribution in [0, 0.1) is 5.92 Å². The van der Waals surface area contributed by atoms with Gasteiger partial charge in [0.25, 0.3) is 0 Å². The maximum Gasteiger partial charge on any atom is 0.0876 e. The number of rotatable bonds is 1. The van der Waals surface area contributed by atoms with E-state index in [1.807, 2.05) is 0 Å². The second kappa shape index (κ2) is 4.78. The molecule has 0 aromatic heterocycles. The standard InChI is InChI=1S/C11H22O3P2/c1-6-4-15(2)10(8(6)13)11-9(14)7(12)5-16(11)3/h6-14H,4-5H2,1-3H3/t6-,7-,8+,9+,10-,11-,15+,16-/m1/s1. The summed E-state index contributed by atoms with van der Waals surface area (Å²) in [5, 5.41) is 30.0. The Morgan fingerprint density at radius 2 is 1.38 bits per heavy atom. The van der Waals surface area contributed by atoms with Crippen LogP contribution in [0.1, 0.15) is 6.92 Å². The lowest BCUT2D eigenvalue weighted by Gasteiger charge is -2.32. The van der Waals surface area contributed by atoms with E-state index in [2.05, 4.69) is 20.3 Å². The first-order valence-corrected chi connectivity index (χ1v) is 9.96. The monoisotopic (exact) mass is 264 g/mol. The van der Waals surface area contributed by atoms with E-state index in [-0.39, 0.29) is 33.3 Å². The largest absolute Gasteiger partial charge is 0.392 e. The average molecular weight is 264 g/mol. The fraction of sp³-hybridized carbons (Fsp3) is 1.00. The summed E-state index contributed by atoms with van der Waals surface area (Å²) in [5.41, 5.74) is 0.398. The zero-order valence-electron chi connectivity index (χ0n) is 10.1. The third-order valence-corrected chi connectivity index (χ3v) is 9.72. The molecule has 94 valence electrons. The molecular weight excluding hydrogens is 242 g/mol. The predicted molar refractivity (Wildman–Crippen MR) is 70.2 cm³/mol. The van der Waals surface area contributed by atoms with Gasteiger partial charge in [0, 0.05) is 11.3 Å². The predicted octanol–water partition coefficient (Wildman–Crippen LogP) is 0.693. The smallest absolute Gasteiger partial charge is 0.0876 e. The zero-order valence-corrected chi connectivity index (χ0v) is 11.9. The van der Waals surface area contributed by atoms with Crippen LogP contribution in [0.3, 0.4) is 0 Å². The molecule has 0 aliphatic carbocycles. The molecule has 0 radical (unpaired) electrons. The van der Waals surface area contributed by atoms with Crippen molar-refractivity contribution in [2.45, 2.75) is 36.6 Å². The lowest BCUT2D eigenvalue weighted by Crippen LogP contribution is -2.41.